The molecular weight excluding hydrogens is 369 g/mol. The van der Waals surface area contributed by atoms with Crippen molar-refractivity contribution in [1.82, 2.24) is 10.2 Å². The van der Waals surface area contributed by atoms with Gasteiger partial charge in [0, 0.05) is 31.1 Å². The number of nitrogens with one attached hydrogen (secondary N) is 1. The van der Waals surface area contributed by atoms with Crippen LogP contribution in [0.15, 0.2) is 30.0 Å². The van der Waals surface area contributed by atoms with Crippen molar-refractivity contribution in [2.24, 2.45) is 0 Å². The molecule has 1 aromatic rings. The van der Waals surface area contributed by atoms with Gasteiger partial charge in [-0.3, -0.25) is 9.69 Å². The number of rotatable bonds is 4. The molecule has 7 heteroatoms. The van der Waals surface area contributed by atoms with Crippen LogP contribution in [-0.4, -0.2) is 48.8 Å². The van der Waals surface area contributed by atoms with Gasteiger partial charge >= 0.3 is 6.18 Å². The number of carbonyl (C=O) groups is 1. The number of nitrogens with zero attached hydrogens (tertiary/aromatic N) is 1. The van der Waals surface area contributed by atoms with E-state index >= 15 is 0 Å². The van der Waals surface area contributed by atoms with Crippen LogP contribution in [0.1, 0.15) is 47.2 Å². The number of amides is 1. The SMILES string of the molecule is O=C(NCC1CC=C(C(F)(F)F)O1)c1ccc2c(c1)CCN(C1CCC1)CC2. The molecular formula is C21H25F3N2O2. The highest BCUT2D eigenvalue weighted by molar-refractivity contribution is 5.94. The molecule has 1 atom stereocenters. The fourth-order valence-electron chi connectivity index (χ4n) is 4.13. The molecule has 0 spiro atoms. The summed E-state index contributed by atoms with van der Waals surface area (Å²) in [5.74, 6) is -1.24. The summed E-state index contributed by atoms with van der Waals surface area (Å²) in [7, 11) is 0. The van der Waals surface area contributed by atoms with Crippen molar-refractivity contribution in [3.8, 4) is 0 Å². The minimum atomic E-state index is -4.47. The van der Waals surface area contributed by atoms with Gasteiger partial charge in [-0.1, -0.05) is 12.5 Å². The molecule has 0 bridgehead atoms. The van der Waals surface area contributed by atoms with Crippen LogP contribution in [0.4, 0.5) is 13.2 Å². The van der Waals surface area contributed by atoms with Gasteiger partial charge in [0.05, 0.1) is 6.54 Å². The standard InChI is InChI=1S/C21H25F3N2O2/c22-21(23,24)19-7-6-18(28-19)13-25-20(27)16-5-4-14-8-10-26(17-2-1-3-17)11-9-15(14)12-16/h4-5,7,12,17-18H,1-3,6,8-11,13H2,(H,25,27). The number of carbonyl (C=O) groups excluding carboxylic acids is 1. The van der Waals surface area contributed by atoms with Gasteiger partial charge in [-0.2, -0.15) is 13.2 Å². The highest BCUT2D eigenvalue weighted by Gasteiger charge is 2.40. The van der Waals surface area contributed by atoms with Gasteiger partial charge in [-0.05, 0) is 55.0 Å². The second-order valence-electron chi connectivity index (χ2n) is 7.86. The summed E-state index contributed by atoms with van der Waals surface area (Å²) < 4.78 is 42.7. The third-order valence-corrected chi connectivity index (χ3v) is 6.03. The predicted octanol–water partition coefficient (Wildman–Crippen LogP) is 3.60. The summed E-state index contributed by atoms with van der Waals surface area (Å²) >= 11 is 0. The lowest BCUT2D eigenvalue weighted by Gasteiger charge is -2.36. The van der Waals surface area contributed by atoms with Crippen molar-refractivity contribution in [1.29, 1.82) is 0 Å². The smallest absolute Gasteiger partial charge is 0.448 e. The van der Waals surface area contributed by atoms with E-state index in [1.165, 1.54) is 30.4 Å². The van der Waals surface area contributed by atoms with Crippen molar-refractivity contribution in [2.45, 2.75) is 56.8 Å². The second-order valence-corrected chi connectivity index (χ2v) is 7.86. The molecule has 1 aromatic carbocycles. The van der Waals surface area contributed by atoms with Gasteiger partial charge in [0.25, 0.3) is 5.91 Å². The molecule has 1 N–H and O–H groups in total. The average Bonchev–Trinajstić information content (AvgIpc) is 3.01. The number of ether oxygens (including phenoxy) is 1. The first kappa shape index (κ1) is 19.3. The van der Waals surface area contributed by atoms with Crippen LogP contribution >= 0.6 is 0 Å². The fraction of sp³-hybridized carbons (Fsp3) is 0.571. The first-order chi connectivity index (χ1) is 13.4. The Morgan fingerprint density at radius 3 is 2.57 bits per heavy atom. The Morgan fingerprint density at radius 2 is 1.93 bits per heavy atom. The van der Waals surface area contributed by atoms with Crippen molar-refractivity contribution >= 4 is 5.91 Å². The van der Waals surface area contributed by atoms with Gasteiger partial charge in [0.1, 0.15) is 6.10 Å². The molecule has 2 aliphatic heterocycles. The normalized spacial score (nSPS) is 23.2. The zero-order valence-electron chi connectivity index (χ0n) is 15.7. The zero-order valence-corrected chi connectivity index (χ0v) is 15.7. The Kier molecular flexibility index (Phi) is 5.36. The molecule has 1 amide bonds. The van der Waals surface area contributed by atoms with E-state index < -0.39 is 18.0 Å². The van der Waals surface area contributed by atoms with E-state index in [2.05, 4.69) is 10.2 Å². The van der Waals surface area contributed by atoms with E-state index in [9.17, 15) is 18.0 Å². The van der Waals surface area contributed by atoms with E-state index in [-0.39, 0.29) is 18.9 Å². The van der Waals surface area contributed by atoms with E-state index in [1.807, 2.05) is 18.2 Å². The molecule has 4 rings (SSSR count). The van der Waals surface area contributed by atoms with Crippen LogP contribution < -0.4 is 5.32 Å². The molecule has 2 heterocycles. The largest absolute Gasteiger partial charge is 0.484 e. The lowest BCUT2D eigenvalue weighted by Crippen LogP contribution is -2.41. The molecule has 0 saturated heterocycles. The Labute approximate surface area is 162 Å². The number of halogens is 3. The summed E-state index contributed by atoms with van der Waals surface area (Å²) in [5.41, 5.74) is 3.04. The van der Waals surface area contributed by atoms with E-state index in [1.54, 1.807) is 0 Å². The van der Waals surface area contributed by atoms with Crippen LogP contribution in [0.5, 0.6) is 0 Å². The Morgan fingerprint density at radius 1 is 1.18 bits per heavy atom. The van der Waals surface area contributed by atoms with Crippen molar-refractivity contribution < 1.29 is 22.7 Å². The van der Waals surface area contributed by atoms with Crippen molar-refractivity contribution in [2.75, 3.05) is 19.6 Å². The van der Waals surface area contributed by atoms with Gasteiger partial charge in [0.2, 0.25) is 0 Å². The van der Waals surface area contributed by atoms with Crippen molar-refractivity contribution in [3.05, 3.63) is 46.7 Å². The first-order valence-corrected chi connectivity index (χ1v) is 9.98. The topological polar surface area (TPSA) is 41.6 Å². The fourth-order valence-corrected chi connectivity index (χ4v) is 4.13. The third kappa shape index (κ3) is 4.19. The van der Waals surface area contributed by atoms with E-state index in [4.69, 9.17) is 4.74 Å². The summed E-state index contributed by atoms with van der Waals surface area (Å²) in [6.45, 7) is 2.14. The summed E-state index contributed by atoms with van der Waals surface area (Å²) in [6, 6.07) is 6.48. The highest BCUT2D eigenvalue weighted by Crippen LogP contribution is 2.32. The zero-order chi connectivity index (χ0) is 19.7. The number of benzene rings is 1. The number of fused-ring (bicyclic) bond motifs is 1. The maximum Gasteiger partial charge on any atom is 0.448 e. The molecule has 3 aliphatic rings. The maximum absolute atomic E-state index is 12.6. The molecule has 0 aromatic heterocycles. The number of hydrogen-bond acceptors (Lipinski definition) is 3. The van der Waals surface area contributed by atoms with Crippen LogP contribution in [0.25, 0.3) is 0 Å². The molecule has 1 fully saturated rings. The first-order valence-electron chi connectivity index (χ1n) is 9.98. The van der Waals surface area contributed by atoms with E-state index in [0.717, 1.165) is 38.0 Å². The third-order valence-electron chi connectivity index (χ3n) is 6.03. The number of allylic oxidation sites excluding steroid dienone is 1. The van der Waals surface area contributed by atoms with Gasteiger partial charge in [-0.25, -0.2) is 0 Å². The molecule has 1 unspecified atom stereocenters. The lowest BCUT2D eigenvalue weighted by atomic mass is 9.91. The predicted molar refractivity (Wildman–Crippen MR) is 99.0 cm³/mol. The van der Waals surface area contributed by atoms with E-state index in [0.29, 0.717) is 5.56 Å². The van der Waals surface area contributed by atoms with Crippen LogP contribution in [0.3, 0.4) is 0 Å². The van der Waals surface area contributed by atoms with Crippen LogP contribution in [0, 0.1) is 0 Å². The minimum Gasteiger partial charge on any atom is -0.484 e. The number of alkyl halides is 3. The minimum absolute atomic E-state index is 0.0570. The molecule has 0 radical (unpaired) electrons. The Balaban J connectivity index is 1.32. The second kappa shape index (κ2) is 7.78. The summed E-state index contributed by atoms with van der Waals surface area (Å²) in [6.07, 6.45) is 1.87. The molecule has 152 valence electrons. The van der Waals surface area contributed by atoms with Gasteiger partial charge < -0.3 is 10.1 Å². The molecule has 4 nitrogen and oxygen atoms in total. The average molecular weight is 394 g/mol. The van der Waals surface area contributed by atoms with Crippen molar-refractivity contribution in [3.63, 3.8) is 0 Å². The maximum atomic E-state index is 12.6. The number of hydrogen-bond donors (Lipinski definition) is 1. The quantitative estimate of drug-likeness (QED) is 0.849. The van der Waals surface area contributed by atoms with Gasteiger partial charge in [0.15, 0.2) is 5.76 Å². The van der Waals surface area contributed by atoms with Gasteiger partial charge in [-0.15, -0.1) is 0 Å². The molecule has 28 heavy (non-hydrogen) atoms. The Bertz CT molecular complexity index is 771. The molecule has 1 aliphatic carbocycles. The highest BCUT2D eigenvalue weighted by atomic mass is 19.4. The van der Waals surface area contributed by atoms with Crippen LogP contribution in [0.2, 0.25) is 0 Å². The summed E-state index contributed by atoms with van der Waals surface area (Å²) in [5, 5.41) is 2.71. The Hall–Kier alpha value is -2.02. The monoisotopic (exact) mass is 394 g/mol. The lowest BCUT2D eigenvalue weighted by molar-refractivity contribution is -0.133. The van der Waals surface area contributed by atoms with Crippen LogP contribution in [-0.2, 0) is 17.6 Å². The molecule has 1 saturated carbocycles. The summed E-state index contributed by atoms with van der Waals surface area (Å²) in [4.78, 5) is 15.0.